The third kappa shape index (κ3) is 8.36. The molecule has 2 N–H and O–H groups in total. The molecule has 0 bridgehead atoms. The summed E-state index contributed by atoms with van der Waals surface area (Å²) in [5.41, 5.74) is -0.221. The predicted octanol–water partition coefficient (Wildman–Crippen LogP) is 6.57. The molecule has 0 radical (unpaired) electrons. The number of carbonyl (C=O) groups is 2. The number of anilines is 2. The van der Waals surface area contributed by atoms with Gasteiger partial charge in [-0.25, -0.2) is 14.8 Å². The summed E-state index contributed by atoms with van der Waals surface area (Å²) in [6.07, 6.45) is -5.34. The minimum Gasteiger partial charge on any atom is -0.444 e. The van der Waals surface area contributed by atoms with E-state index in [0.29, 0.717) is 40.8 Å². The SMILES string of the molecule is CC(=O)Nc1nc2c(Oc3cc(-c4ccc(C(F)(F)F)cc4)nc(NCC4CN(C(=O)OC(C)(C)C)CCO4)n3)cccc2s1. The number of fused-ring (bicyclic) bond motifs is 1. The quantitative estimate of drug-likeness (QED) is 0.230. The van der Waals surface area contributed by atoms with Crippen LogP contribution in [0.3, 0.4) is 0 Å². The van der Waals surface area contributed by atoms with E-state index in [9.17, 15) is 22.8 Å². The Morgan fingerprint density at radius 3 is 2.53 bits per heavy atom. The molecule has 0 aliphatic carbocycles. The molecule has 15 heteroatoms. The summed E-state index contributed by atoms with van der Waals surface area (Å²) in [6, 6.07) is 11.4. The Balaban J connectivity index is 1.41. The number of carbonyl (C=O) groups excluding carboxylic acids is 2. The van der Waals surface area contributed by atoms with Crippen LogP contribution in [0, 0.1) is 0 Å². The van der Waals surface area contributed by atoms with E-state index >= 15 is 0 Å². The number of hydrogen-bond donors (Lipinski definition) is 2. The number of para-hydroxylation sites is 1. The molecule has 0 spiro atoms. The van der Waals surface area contributed by atoms with Gasteiger partial charge in [0, 0.05) is 31.6 Å². The number of morpholine rings is 1. The van der Waals surface area contributed by atoms with Gasteiger partial charge in [-0.05, 0) is 45.0 Å². The van der Waals surface area contributed by atoms with Crippen molar-refractivity contribution in [3.8, 4) is 22.9 Å². The van der Waals surface area contributed by atoms with Crippen molar-refractivity contribution in [2.75, 3.05) is 36.9 Å². The third-order valence-electron chi connectivity index (χ3n) is 6.37. The lowest BCUT2D eigenvalue weighted by Gasteiger charge is -2.34. The number of nitrogens with zero attached hydrogens (tertiary/aromatic N) is 4. The van der Waals surface area contributed by atoms with Crippen LogP contribution in [0.2, 0.25) is 0 Å². The third-order valence-corrected chi connectivity index (χ3v) is 7.30. The van der Waals surface area contributed by atoms with E-state index in [-0.39, 0.29) is 30.8 Å². The largest absolute Gasteiger partial charge is 0.444 e. The summed E-state index contributed by atoms with van der Waals surface area (Å²) in [5.74, 6) is 0.320. The second-order valence-electron chi connectivity index (χ2n) is 11.2. The molecule has 238 valence electrons. The zero-order valence-electron chi connectivity index (χ0n) is 24.9. The van der Waals surface area contributed by atoms with Gasteiger partial charge in [0.05, 0.1) is 35.2 Å². The van der Waals surface area contributed by atoms with E-state index < -0.39 is 29.5 Å². The Bertz CT molecular complexity index is 1690. The standard InChI is InChI=1S/C30H31F3N6O5S/c1-17(40)35-27-38-25-22(6-5-7-23(25)45-27)43-24-14-21(18-8-10-19(11-9-18)30(31,32)33)36-26(37-24)34-15-20-16-39(12-13-42-20)28(41)44-29(2,3)4/h5-11,14,20H,12-13,15-16H2,1-4H3,(H,34,36,37)(H,35,38,40). The zero-order chi connectivity index (χ0) is 32.4. The molecule has 5 rings (SSSR count). The first-order valence-corrected chi connectivity index (χ1v) is 14.8. The van der Waals surface area contributed by atoms with Gasteiger partial charge in [-0.3, -0.25) is 4.79 Å². The maximum Gasteiger partial charge on any atom is 0.416 e. The van der Waals surface area contributed by atoms with Crippen molar-refractivity contribution in [2.24, 2.45) is 0 Å². The maximum absolute atomic E-state index is 13.2. The molecule has 1 atom stereocenters. The average Bonchev–Trinajstić information content (AvgIpc) is 3.38. The molecule has 1 aliphatic rings. The molecule has 2 aromatic carbocycles. The van der Waals surface area contributed by atoms with Crippen molar-refractivity contribution in [3.63, 3.8) is 0 Å². The van der Waals surface area contributed by atoms with Crippen LogP contribution in [-0.4, -0.2) is 69.8 Å². The number of thiazole rings is 1. The van der Waals surface area contributed by atoms with E-state index in [4.69, 9.17) is 14.2 Å². The molecular weight excluding hydrogens is 613 g/mol. The number of amides is 2. The van der Waals surface area contributed by atoms with Gasteiger partial charge < -0.3 is 29.7 Å². The van der Waals surface area contributed by atoms with Crippen molar-refractivity contribution >= 4 is 44.6 Å². The van der Waals surface area contributed by atoms with Gasteiger partial charge >= 0.3 is 12.3 Å². The highest BCUT2D eigenvalue weighted by molar-refractivity contribution is 7.22. The smallest absolute Gasteiger partial charge is 0.416 e. The van der Waals surface area contributed by atoms with Crippen molar-refractivity contribution in [3.05, 3.63) is 54.1 Å². The normalized spacial score (nSPS) is 15.5. The van der Waals surface area contributed by atoms with Crippen LogP contribution in [0.4, 0.5) is 29.0 Å². The molecule has 3 heterocycles. The summed E-state index contributed by atoms with van der Waals surface area (Å²) < 4.78 is 57.8. The number of benzene rings is 2. The first-order chi connectivity index (χ1) is 21.2. The summed E-state index contributed by atoms with van der Waals surface area (Å²) in [6.45, 7) is 7.95. The minimum atomic E-state index is -4.49. The van der Waals surface area contributed by atoms with E-state index in [0.717, 1.165) is 16.8 Å². The molecule has 1 fully saturated rings. The molecule has 1 aliphatic heterocycles. The number of halogens is 3. The average molecular weight is 645 g/mol. The number of aromatic nitrogens is 3. The van der Waals surface area contributed by atoms with Gasteiger partial charge in [0.2, 0.25) is 17.7 Å². The Morgan fingerprint density at radius 1 is 1.09 bits per heavy atom. The van der Waals surface area contributed by atoms with Crippen LogP contribution in [-0.2, 0) is 20.4 Å². The second kappa shape index (κ2) is 12.9. The predicted molar refractivity (Wildman–Crippen MR) is 163 cm³/mol. The fraction of sp³-hybridized carbons (Fsp3) is 0.367. The summed E-state index contributed by atoms with van der Waals surface area (Å²) in [7, 11) is 0. The van der Waals surface area contributed by atoms with E-state index in [2.05, 4.69) is 25.6 Å². The number of nitrogens with one attached hydrogen (secondary N) is 2. The van der Waals surface area contributed by atoms with Gasteiger partial charge in [0.15, 0.2) is 10.9 Å². The molecule has 2 amide bonds. The van der Waals surface area contributed by atoms with E-state index in [1.165, 1.54) is 36.5 Å². The highest BCUT2D eigenvalue weighted by atomic mass is 32.1. The van der Waals surface area contributed by atoms with Crippen molar-refractivity contribution in [1.82, 2.24) is 19.9 Å². The Morgan fingerprint density at radius 2 is 1.84 bits per heavy atom. The van der Waals surface area contributed by atoms with E-state index in [1.54, 1.807) is 37.8 Å². The second-order valence-corrected chi connectivity index (χ2v) is 12.2. The zero-order valence-corrected chi connectivity index (χ0v) is 25.7. The summed E-state index contributed by atoms with van der Waals surface area (Å²) >= 11 is 1.27. The molecule has 1 unspecified atom stereocenters. The van der Waals surface area contributed by atoms with Crippen molar-refractivity contribution in [1.29, 1.82) is 0 Å². The van der Waals surface area contributed by atoms with E-state index in [1.807, 2.05) is 6.07 Å². The lowest BCUT2D eigenvalue weighted by Crippen LogP contribution is -2.49. The summed E-state index contributed by atoms with van der Waals surface area (Å²) in [4.78, 5) is 39.1. The molecule has 2 aromatic heterocycles. The van der Waals surface area contributed by atoms with Crippen molar-refractivity contribution < 1.29 is 37.0 Å². The lowest BCUT2D eigenvalue weighted by atomic mass is 10.1. The number of alkyl halides is 3. The van der Waals surface area contributed by atoms with Crippen LogP contribution in [0.1, 0.15) is 33.3 Å². The minimum absolute atomic E-state index is 0.101. The number of rotatable bonds is 7. The van der Waals surface area contributed by atoms with Crippen LogP contribution in [0.15, 0.2) is 48.5 Å². The van der Waals surface area contributed by atoms with Crippen LogP contribution < -0.4 is 15.4 Å². The topological polar surface area (TPSA) is 128 Å². The van der Waals surface area contributed by atoms with Crippen LogP contribution in [0.25, 0.3) is 21.5 Å². The van der Waals surface area contributed by atoms with Crippen molar-refractivity contribution in [2.45, 2.75) is 45.6 Å². The maximum atomic E-state index is 13.2. The Kier molecular flexibility index (Phi) is 9.11. The molecular formula is C30H31F3N6O5S. The van der Waals surface area contributed by atoms with Gasteiger partial charge in [-0.2, -0.15) is 18.2 Å². The van der Waals surface area contributed by atoms with Crippen LogP contribution >= 0.6 is 11.3 Å². The fourth-order valence-electron chi connectivity index (χ4n) is 4.40. The van der Waals surface area contributed by atoms with Crippen LogP contribution in [0.5, 0.6) is 11.6 Å². The molecule has 11 nitrogen and oxygen atoms in total. The van der Waals surface area contributed by atoms with Gasteiger partial charge in [-0.15, -0.1) is 0 Å². The molecule has 4 aromatic rings. The molecule has 1 saturated heterocycles. The monoisotopic (exact) mass is 644 g/mol. The Hall–Kier alpha value is -4.50. The number of ether oxygens (including phenoxy) is 3. The van der Waals surface area contributed by atoms with Gasteiger partial charge in [-0.1, -0.05) is 29.5 Å². The first-order valence-electron chi connectivity index (χ1n) is 14.0. The Labute approximate surface area is 260 Å². The van der Waals surface area contributed by atoms with Gasteiger partial charge in [0.1, 0.15) is 11.1 Å². The van der Waals surface area contributed by atoms with Gasteiger partial charge in [0.25, 0.3) is 0 Å². The molecule has 45 heavy (non-hydrogen) atoms. The summed E-state index contributed by atoms with van der Waals surface area (Å²) in [5, 5.41) is 6.17. The number of hydrogen-bond acceptors (Lipinski definition) is 10. The highest BCUT2D eigenvalue weighted by Gasteiger charge is 2.30. The molecule has 0 saturated carbocycles. The highest BCUT2D eigenvalue weighted by Crippen LogP contribution is 2.36. The fourth-order valence-corrected chi connectivity index (χ4v) is 5.33. The first kappa shape index (κ1) is 31.9. The lowest BCUT2D eigenvalue weighted by molar-refractivity contribution is -0.137.